The Hall–Kier alpha value is -2.55. The summed E-state index contributed by atoms with van der Waals surface area (Å²) in [6.45, 7) is 6.80. The van der Waals surface area contributed by atoms with Crippen LogP contribution in [0.4, 0.5) is 5.69 Å². The number of amides is 1. The van der Waals surface area contributed by atoms with Gasteiger partial charge in [-0.3, -0.25) is 4.79 Å². The van der Waals surface area contributed by atoms with Crippen molar-refractivity contribution in [2.24, 2.45) is 0 Å². The summed E-state index contributed by atoms with van der Waals surface area (Å²) in [6.07, 6.45) is 5.46. The van der Waals surface area contributed by atoms with Gasteiger partial charge in [-0.05, 0) is 43.5 Å². The first kappa shape index (κ1) is 17.8. The number of hydrogen-bond acceptors (Lipinski definition) is 2. The van der Waals surface area contributed by atoms with Crippen LogP contribution in [-0.4, -0.2) is 12.5 Å². The minimum absolute atomic E-state index is 0.143. The first-order valence-electron chi connectivity index (χ1n) is 8.39. The lowest BCUT2D eigenvalue weighted by Gasteiger charge is -2.10. The van der Waals surface area contributed by atoms with Crippen molar-refractivity contribution in [3.8, 4) is 5.75 Å². The molecule has 0 aliphatic carbocycles. The van der Waals surface area contributed by atoms with Crippen LogP contribution in [0.3, 0.4) is 0 Å². The molecular weight excluding hydrogens is 298 g/mol. The van der Waals surface area contributed by atoms with Crippen molar-refractivity contribution in [2.75, 3.05) is 11.9 Å². The second-order valence-electron chi connectivity index (χ2n) is 5.83. The van der Waals surface area contributed by atoms with Crippen molar-refractivity contribution in [1.29, 1.82) is 0 Å². The summed E-state index contributed by atoms with van der Waals surface area (Å²) in [5.41, 5.74) is 3.89. The third-order valence-electron chi connectivity index (χ3n) is 3.82. The SMILES string of the molecule is CCCCOc1ccccc1C=CC(=O)Nc1c(C)cccc1C. The molecule has 3 nitrogen and oxygen atoms in total. The summed E-state index contributed by atoms with van der Waals surface area (Å²) < 4.78 is 5.78. The highest BCUT2D eigenvalue weighted by Gasteiger charge is 2.05. The monoisotopic (exact) mass is 323 g/mol. The van der Waals surface area contributed by atoms with E-state index in [9.17, 15) is 4.79 Å². The lowest BCUT2D eigenvalue weighted by atomic mass is 10.1. The quantitative estimate of drug-likeness (QED) is 0.566. The van der Waals surface area contributed by atoms with Gasteiger partial charge in [0, 0.05) is 17.3 Å². The minimum Gasteiger partial charge on any atom is -0.493 e. The molecule has 0 atom stereocenters. The zero-order chi connectivity index (χ0) is 17.4. The molecular formula is C21H25NO2. The fourth-order valence-electron chi connectivity index (χ4n) is 2.42. The van der Waals surface area contributed by atoms with Gasteiger partial charge in [0.05, 0.1) is 6.61 Å². The molecule has 2 aromatic carbocycles. The number of carbonyl (C=O) groups is 1. The lowest BCUT2D eigenvalue weighted by Crippen LogP contribution is -2.10. The van der Waals surface area contributed by atoms with Gasteiger partial charge >= 0.3 is 0 Å². The van der Waals surface area contributed by atoms with Crippen molar-refractivity contribution in [2.45, 2.75) is 33.6 Å². The predicted octanol–water partition coefficient (Wildman–Crippen LogP) is 5.13. The van der Waals surface area contributed by atoms with Crippen LogP contribution in [0.1, 0.15) is 36.5 Å². The number of ether oxygens (including phenoxy) is 1. The second kappa shape index (κ2) is 8.92. The first-order chi connectivity index (χ1) is 11.6. The molecule has 1 amide bonds. The number of nitrogens with one attached hydrogen (secondary N) is 1. The van der Waals surface area contributed by atoms with E-state index in [1.54, 1.807) is 12.2 Å². The third-order valence-corrected chi connectivity index (χ3v) is 3.82. The molecule has 0 unspecified atom stereocenters. The maximum absolute atomic E-state index is 12.2. The van der Waals surface area contributed by atoms with Crippen LogP contribution in [0, 0.1) is 13.8 Å². The number of aryl methyl sites for hydroxylation is 2. The number of rotatable bonds is 7. The molecule has 0 fully saturated rings. The van der Waals surface area contributed by atoms with Crippen molar-refractivity contribution in [3.05, 3.63) is 65.2 Å². The van der Waals surface area contributed by atoms with E-state index in [2.05, 4.69) is 12.2 Å². The number of unbranched alkanes of at least 4 members (excludes halogenated alkanes) is 1. The van der Waals surface area contributed by atoms with Gasteiger partial charge < -0.3 is 10.1 Å². The van der Waals surface area contributed by atoms with E-state index in [1.807, 2.05) is 56.3 Å². The topological polar surface area (TPSA) is 38.3 Å². The molecule has 0 heterocycles. The Morgan fingerprint density at radius 2 is 1.79 bits per heavy atom. The molecule has 0 saturated carbocycles. The van der Waals surface area contributed by atoms with Crippen molar-refractivity contribution in [1.82, 2.24) is 0 Å². The normalized spacial score (nSPS) is 10.8. The Balaban J connectivity index is 2.06. The highest BCUT2D eigenvalue weighted by atomic mass is 16.5. The number of benzene rings is 2. The van der Waals surface area contributed by atoms with Gasteiger partial charge in [0.1, 0.15) is 5.75 Å². The molecule has 0 bridgehead atoms. The smallest absolute Gasteiger partial charge is 0.248 e. The van der Waals surface area contributed by atoms with E-state index in [1.165, 1.54) is 0 Å². The minimum atomic E-state index is -0.143. The van der Waals surface area contributed by atoms with Crippen LogP contribution in [0.25, 0.3) is 6.08 Å². The van der Waals surface area contributed by atoms with Crippen LogP contribution in [0.5, 0.6) is 5.75 Å². The molecule has 0 aliphatic rings. The molecule has 0 aromatic heterocycles. The summed E-state index contributed by atoms with van der Waals surface area (Å²) >= 11 is 0. The van der Waals surface area contributed by atoms with Crippen LogP contribution in [0.2, 0.25) is 0 Å². The second-order valence-corrected chi connectivity index (χ2v) is 5.83. The van der Waals surface area contributed by atoms with Gasteiger partial charge in [0.15, 0.2) is 0 Å². The third kappa shape index (κ3) is 4.98. The van der Waals surface area contributed by atoms with E-state index in [4.69, 9.17) is 4.74 Å². The summed E-state index contributed by atoms with van der Waals surface area (Å²) in [6, 6.07) is 13.7. The molecule has 0 spiro atoms. The zero-order valence-corrected chi connectivity index (χ0v) is 14.6. The molecule has 0 aliphatic heterocycles. The number of carbonyl (C=O) groups excluding carboxylic acids is 1. The Bertz CT molecular complexity index is 699. The van der Waals surface area contributed by atoms with Gasteiger partial charge in [-0.1, -0.05) is 49.7 Å². The summed E-state index contributed by atoms with van der Waals surface area (Å²) in [4.78, 5) is 12.2. The molecule has 24 heavy (non-hydrogen) atoms. The summed E-state index contributed by atoms with van der Waals surface area (Å²) in [7, 11) is 0. The van der Waals surface area contributed by atoms with Gasteiger partial charge in [0.25, 0.3) is 0 Å². The predicted molar refractivity (Wildman–Crippen MR) is 100 cm³/mol. The van der Waals surface area contributed by atoms with Gasteiger partial charge in [-0.25, -0.2) is 0 Å². The Morgan fingerprint density at radius 1 is 1.08 bits per heavy atom. The Kier molecular flexibility index (Phi) is 6.62. The van der Waals surface area contributed by atoms with E-state index >= 15 is 0 Å². The molecule has 0 radical (unpaired) electrons. The van der Waals surface area contributed by atoms with E-state index < -0.39 is 0 Å². The highest BCUT2D eigenvalue weighted by molar-refractivity contribution is 6.03. The molecule has 3 heteroatoms. The van der Waals surface area contributed by atoms with E-state index in [-0.39, 0.29) is 5.91 Å². The number of anilines is 1. The van der Waals surface area contributed by atoms with Crippen LogP contribution >= 0.6 is 0 Å². The average molecular weight is 323 g/mol. The highest BCUT2D eigenvalue weighted by Crippen LogP contribution is 2.21. The molecule has 0 saturated heterocycles. The number of hydrogen-bond donors (Lipinski definition) is 1. The fraction of sp³-hybridized carbons (Fsp3) is 0.286. The van der Waals surface area contributed by atoms with Crippen molar-refractivity contribution in [3.63, 3.8) is 0 Å². The summed E-state index contributed by atoms with van der Waals surface area (Å²) in [5.74, 6) is 0.665. The molecule has 2 aromatic rings. The molecule has 126 valence electrons. The van der Waals surface area contributed by atoms with Crippen molar-refractivity contribution < 1.29 is 9.53 Å². The van der Waals surface area contributed by atoms with Gasteiger partial charge in [-0.15, -0.1) is 0 Å². The maximum Gasteiger partial charge on any atom is 0.248 e. The van der Waals surface area contributed by atoms with Crippen LogP contribution in [0.15, 0.2) is 48.5 Å². The Labute approximate surface area is 144 Å². The van der Waals surface area contributed by atoms with E-state index in [0.717, 1.165) is 41.0 Å². The average Bonchev–Trinajstić information content (AvgIpc) is 2.58. The standard InChI is InChI=1S/C21H25NO2/c1-4-5-15-24-19-12-7-6-11-18(19)13-14-20(23)22-21-16(2)9-8-10-17(21)3/h6-14H,4-5,15H2,1-3H3,(H,22,23). The van der Waals surface area contributed by atoms with E-state index in [0.29, 0.717) is 6.61 Å². The largest absolute Gasteiger partial charge is 0.493 e. The zero-order valence-electron chi connectivity index (χ0n) is 14.6. The maximum atomic E-state index is 12.2. The Morgan fingerprint density at radius 3 is 2.50 bits per heavy atom. The fourth-order valence-corrected chi connectivity index (χ4v) is 2.42. The first-order valence-corrected chi connectivity index (χ1v) is 8.39. The molecule has 2 rings (SSSR count). The van der Waals surface area contributed by atoms with Gasteiger partial charge in [-0.2, -0.15) is 0 Å². The molecule has 1 N–H and O–H groups in total. The van der Waals surface area contributed by atoms with Crippen LogP contribution < -0.4 is 10.1 Å². The van der Waals surface area contributed by atoms with Crippen LogP contribution in [-0.2, 0) is 4.79 Å². The lowest BCUT2D eigenvalue weighted by molar-refractivity contribution is -0.111. The van der Waals surface area contributed by atoms with Gasteiger partial charge in [0.2, 0.25) is 5.91 Å². The summed E-state index contributed by atoms with van der Waals surface area (Å²) in [5, 5.41) is 2.95. The van der Waals surface area contributed by atoms with Crippen molar-refractivity contribution >= 4 is 17.7 Å². The number of para-hydroxylation sites is 2.